The van der Waals surface area contributed by atoms with Gasteiger partial charge in [-0.05, 0) is 0 Å². The van der Waals surface area contributed by atoms with Gasteiger partial charge < -0.3 is 4.74 Å². The van der Waals surface area contributed by atoms with E-state index in [1.807, 2.05) is 13.8 Å². The molecule has 3 heteroatoms. The lowest BCUT2D eigenvalue weighted by molar-refractivity contribution is 0.0408. The van der Waals surface area contributed by atoms with Crippen LogP contribution in [-0.2, 0) is 4.74 Å². The Morgan fingerprint density at radius 1 is 1.27 bits per heavy atom. The maximum Gasteiger partial charge on any atom is 0.0594 e. The largest absolute Gasteiger partial charge is 0.379 e. The Bertz CT molecular complexity index is 71.7. The number of ether oxygens (including phenoxy) is 1. The van der Waals surface area contributed by atoms with E-state index in [2.05, 4.69) is 4.90 Å². The van der Waals surface area contributed by atoms with Crippen molar-refractivity contribution in [2.75, 3.05) is 38.7 Å². The Morgan fingerprint density at radius 3 is 2.27 bits per heavy atom. The van der Waals surface area contributed by atoms with Crippen LogP contribution in [0, 0.1) is 0 Å². The second kappa shape index (κ2) is 8.31. The van der Waals surface area contributed by atoms with E-state index in [-0.39, 0.29) is 0 Å². The second-order valence-electron chi connectivity index (χ2n) is 2.14. The Morgan fingerprint density at radius 2 is 1.82 bits per heavy atom. The molecule has 0 amide bonds. The highest BCUT2D eigenvalue weighted by atomic mass is 35.5. The third-order valence-corrected chi connectivity index (χ3v) is 1.67. The minimum atomic E-state index is 0.736. The van der Waals surface area contributed by atoms with Gasteiger partial charge in [0.25, 0.3) is 0 Å². The molecule has 0 aromatic heterocycles. The molecule has 1 aliphatic heterocycles. The number of alkyl halides is 1. The minimum Gasteiger partial charge on any atom is -0.379 e. The average molecular weight is 180 g/mol. The first kappa shape index (κ1) is 11.2. The van der Waals surface area contributed by atoms with Crippen LogP contribution in [0.15, 0.2) is 0 Å². The lowest BCUT2D eigenvalue weighted by atomic mass is 10.4. The molecule has 1 aliphatic rings. The molecule has 1 rings (SSSR count). The zero-order valence-electron chi connectivity index (χ0n) is 7.48. The van der Waals surface area contributed by atoms with Gasteiger partial charge in [-0.3, -0.25) is 4.90 Å². The highest BCUT2D eigenvalue weighted by Gasteiger charge is 2.07. The number of hydrogen-bond donors (Lipinski definition) is 0. The zero-order chi connectivity index (χ0) is 8.53. The molecule has 0 saturated carbocycles. The normalized spacial score (nSPS) is 18.8. The summed E-state index contributed by atoms with van der Waals surface area (Å²) in [5.74, 6) is 0.736. The van der Waals surface area contributed by atoms with E-state index in [1.54, 1.807) is 0 Å². The van der Waals surface area contributed by atoms with Crippen molar-refractivity contribution < 1.29 is 4.74 Å². The molecule has 0 radical (unpaired) electrons. The average Bonchev–Trinajstić information content (AvgIpc) is 2.11. The summed E-state index contributed by atoms with van der Waals surface area (Å²) >= 11 is 5.55. The third kappa shape index (κ3) is 5.48. The maximum atomic E-state index is 5.55. The molecule has 0 aromatic rings. The molecule has 0 spiro atoms. The fourth-order valence-electron chi connectivity index (χ4n) is 0.944. The molecular weight excluding hydrogens is 162 g/mol. The van der Waals surface area contributed by atoms with Crippen LogP contribution in [-0.4, -0.2) is 43.6 Å². The first-order valence-electron chi connectivity index (χ1n) is 4.29. The standard InChI is InChI=1S/C6H12ClNO.C2H6/c7-1-2-8-3-5-9-6-4-8;1-2/h1-6H2;1-2H3. The topological polar surface area (TPSA) is 12.5 Å². The van der Waals surface area contributed by atoms with Crippen LogP contribution in [0.5, 0.6) is 0 Å². The third-order valence-electron chi connectivity index (χ3n) is 1.50. The predicted octanol–water partition coefficient (Wildman–Crippen LogP) is 1.58. The number of morpholine rings is 1. The first-order chi connectivity index (χ1) is 5.43. The van der Waals surface area contributed by atoms with Gasteiger partial charge in [0.2, 0.25) is 0 Å². The van der Waals surface area contributed by atoms with Gasteiger partial charge in [0.05, 0.1) is 13.2 Å². The van der Waals surface area contributed by atoms with E-state index in [9.17, 15) is 0 Å². The van der Waals surface area contributed by atoms with Crippen LogP contribution in [0.25, 0.3) is 0 Å². The molecule has 1 heterocycles. The summed E-state index contributed by atoms with van der Waals surface area (Å²) in [7, 11) is 0. The van der Waals surface area contributed by atoms with E-state index in [0.29, 0.717) is 0 Å². The molecular formula is C8H18ClNO. The van der Waals surface area contributed by atoms with Crippen molar-refractivity contribution in [3.8, 4) is 0 Å². The second-order valence-corrected chi connectivity index (χ2v) is 2.52. The molecule has 0 aromatic carbocycles. The van der Waals surface area contributed by atoms with Crippen LogP contribution in [0.2, 0.25) is 0 Å². The van der Waals surface area contributed by atoms with Crippen molar-refractivity contribution in [3.63, 3.8) is 0 Å². The summed E-state index contributed by atoms with van der Waals surface area (Å²) in [6.45, 7) is 8.85. The van der Waals surface area contributed by atoms with Crippen molar-refractivity contribution in [1.82, 2.24) is 4.90 Å². The molecule has 1 saturated heterocycles. The smallest absolute Gasteiger partial charge is 0.0594 e. The van der Waals surface area contributed by atoms with Gasteiger partial charge in [-0.2, -0.15) is 0 Å². The predicted molar refractivity (Wildman–Crippen MR) is 49.3 cm³/mol. The molecule has 68 valence electrons. The van der Waals surface area contributed by atoms with Crippen LogP contribution in [0.1, 0.15) is 13.8 Å². The molecule has 11 heavy (non-hydrogen) atoms. The molecule has 0 unspecified atom stereocenters. The van der Waals surface area contributed by atoms with Gasteiger partial charge in [0, 0.05) is 25.5 Å². The van der Waals surface area contributed by atoms with E-state index < -0.39 is 0 Å². The number of nitrogens with zero attached hydrogens (tertiary/aromatic N) is 1. The summed E-state index contributed by atoms with van der Waals surface area (Å²) < 4.78 is 5.16. The minimum absolute atomic E-state index is 0.736. The van der Waals surface area contributed by atoms with Gasteiger partial charge in [-0.25, -0.2) is 0 Å². The van der Waals surface area contributed by atoms with Gasteiger partial charge in [0.1, 0.15) is 0 Å². The van der Waals surface area contributed by atoms with E-state index >= 15 is 0 Å². The van der Waals surface area contributed by atoms with Crippen LogP contribution in [0.4, 0.5) is 0 Å². The highest BCUT2D eigenvalue weighted by Crippen LogP contribution is 1.95. The van der Waals surface area contributed by atoms with Crippen molar-refractivity contribution in [2.45, 2.75) is 13.8 Å². The van der Waals surface area contributed by atoms with Crippen molar-refractivity contribution in [1.29, 1.82) is 0 Å². The quantitative estimate of drug-likeness (QED) is 0.597. The number of halogens is 1. The van der Waals surface area contributed by atoms with Crippen molar-refractivity contribution in [2.24, 2.45) is 0 Å². The molecule has 0 N–H and O–H groups in total. The fourth-order valence-corrected chi connectivity index (χ4v) is 1.18. The van der Waals surface area contributed by atoms with Crippen molar-refractivity contribution >= 4 is 11.6 Å². The zero-order valence-corrected chi connectivity index (χ0v) is 8.23. The van der Waals surface area contributed by atoms with Crippen LogP contribution >= 0.6 is 11.6 Å². The Balaban J connectivity index is 0.000000461. The lowest BCUT2D eigenvalue weighted by Gasteiger charge is -2.25. The summed E-state index contributed by atoms with van der Waals surface area (Å²) in [4.78, 5) is 2.32. The van der Waals surface area contributed by atoms with E-state index in [4.69, 9.17) is 16.3 Å². The summed E-state index contributed by atoms with van der Waals surface area (Å²) in [6, 6.07) is 0. The van der Waals surface area contributed by atoms with Gasteiger partial charge in [-0.1, -0.05) is 13.8 Å². The van der Waals surface area contributed by atoms with Gasteiger partial charge in [-0.15, -0.1) is 11.6 Å². The van der Waals surface area contributed by atoms with Gasteiger partial charge >= 0.3 is 0 Å². The van der Waals surface area contributed by atoms with E-state index in [0.717, 1.165) is 38.7 Å². The Labute approximate surface area is 74.5 Å². The highest BCUT2D eigenvalue weighted by molar-refractivity contribution is 6.18. The monoisotopic (exact) mass is 179 g/mol. The summed E-state index contributed by atoms with van der Waals surface area (Å²) in [6.07, 6.45) is 0. The Kier molecular flexibility index (Phi) is 8.47. The molecule has 0 bridgehead atoms. The van der Waals surface area contributed by atoms with E-state index in [1.165, 1.54) is 0 Å². The maximum absolute atomic E-state index is 5.55. The molecule has 2 nitrogen and oxygen atoms in total. The van der Waals surface area contributed by atoms with Crippen molar-refractivity contribution in [3.05, 3.63) is 0 Å². The lowest BCUT2D eigenvalue weighted by Crippen LogP contribution is -2.37. The van der Waals surface area contributed by atoms with Crippen LogP contribution < -0.4 is 0 Å². The molecule has 0 aliphatic carbocycles. The fraction of sp³-hybridized carbons (Fsp3) is 1.00. The summed E-state index contributed by atoms with van der Waals surface area (Å²) in [5.41, 5.74) is 0. The number of rotatable bonds is 2. The Hall–Kier alpha value is 0.210. The molecule has 0 atom stereocenters. The SMILES string of the molecule is CC.ClCCN1CCOCC1. The first-order valence-corrected chi connectivity index (χ1v) is 4.83. The van der Waals surface area contributed by atoms with Crippen LogP contribution in [0.3, 0.4) is 0 Å². The van der Waals surface area contributed by atoms with Gasteiger partial charge in [0.15, 0.2) is 0 Å². The number of hydrogen-bond acceptors (Lipinski definition) is 2. The summed E-state index contributed by atoms with van der Waals surface area (Å²) in [5, 5.41) is 0. The molecule has 1 fully saturated rings.